The summed E-state index contributed by atoms with van der Waals surface area (Å²) in [4.78, 5) is 2.37. The van der Waals surface area contributed by atoms with Crippen LogP contribution in [0.2, 0.25) is 0 Å². The minimum absolute atomic E-state index is 0.239. The van der Waals surface area contributed by atoms with Crippen molar-refractivity contribution >= 4 is 10.9 Å². The number of rotatable bonds is 9. The third-order valence-electron chi connectivity index (χ3n) is 6.21. The topological polar surface area (TPSA) is 26.6 Å². The van der Waals surface area contributed by atoms with Crippen molar-refractivity contribution in [1.82, 2.24) is 9.47 Å². The molecule has 3 aromatic carbocycles. The molecule has 4 heteroatoms. The van der Waals surface area contributed by atoms with Crippen LogP contribution in [0.3, 0.4) is 0 Å². The SMILES string of the molecule is CCN(CC)CCOc1ccc(-n2c(-c3ccc(C)cc3)cc3cc(OC(C)(C)C)ccc32)cc1. The van der Waals surface area contributed by atoms with Crippen LogP contribution in [0.25, 0.3) is 27.8 Å². The number of nitrogens with zero attached hydrogens (tertiary/aromatic N) is 2. The highest BCUT2D eigenvalue weighted by Gasteiger charge is 2.16. The molecular weight excluding hydrogens is 432 g/mol. The van der Waals surface area contributed by atoms with Gasteiger partial charge in [0.15, 0.2) is 0 Å². The minimum atomic E-state index is -0.239. The number of benzene rings is 3. The molecular formula is C31H38N2O2. The highest BCUT2D eigenvalue weighted by Crippen LogP contribution is 2.34. The van der Waals surface area contributed by atoms with Gasteiger partial charge in [0.25, 0.3) is 0 Å². The number of hydrogen-bond donors (Lipinski definition) is 0. The summed E-state index contributed by atoms with van der Waals surface area (Å²) in [7, 11) is 0. The monoisotopic (exact) mass is 470 g/mol. The lowest BCUT2D eigenvalue weighted by Gasteiger charge is -2.21. The molecule has 35 heavy (non-hydrogen) atoms. The largest absolute Gasteiger partial charge is 0.492 e. The van der Waals surface area contributed by atoms with Crippen molar-refractivity contribution in [2.24, 2.45) is 0 Å². The molecule has 0 radical (unpaired) electrons. The van der Waals surface area contributed by atoms with E-state index < -0.39 is 0 Å². The second-order valence-electron chi connectivity index (χ2n) is 10.0. The van der Waals surface area contributed by atoms with E-state index in [0.29, 0.717) is 6.61 Å². The van der Waals surface area contributed by atoms with Gasteiger partial charge in [-0.2, -0.15) is 0 Å². The van der Waals surface area contributed by atoms with Gasteiger partial charge in [-0.15, -0.1) is 0 Å². The van der Waals surface area contributed by atoms with E-state index in [1.165, 1.54) is 11.1 Å². The fourth-order valence-corrected chi connectivity index (χ4v) is 4.35. The first kappa shape index (κ1) is 24.9. The number of likely N-dealkylation sites (N-methyl/N-ethyl adjacent to an activating group) is 1. The first-order valence-electron chi connectivity index (χ1n) is 12.6. The van der Waals surface area contributed by atoms with Crippen LogP contribution < -0.4 is 9.47 Å². The molecule has 4 nitrogen and oxygen atoms in total. The second kappa shape index (κ2) is 10.6. The van der Waals surface area contributed by atoms with E-state index in [1.54, 1.807) is 0 Å². The molecule has 1 heterocycles. The molecule has 4 aromatic rings. The van der Waals surface area contributed by atoms with E-state index in [4.69, 9.17) is 9.47 Å². The predicted octanol–water partition coefficient (Wildman–Crippen LogP) is 7.50. The standard InChI is InChI=1S/C31H38N2O2/c1-7-32(8-2)19-20-34-27-15-13-26(14-16-27)33-29-18-17-28(35-31(4,5)6)21-25(29)22-30(33)24-11-9-23(3)10-12-24/h9-18,21-22H,7-8,19-20H2,1-6H3. The Hall–Kier alpha value is -3.24. The van der Waals surface area contributed by atoms with Crippen LogP contribution in [0.5, 0.6) is 11.5 Å². The average molecular weight is 471 g/mol. The van der Waals surface area contributed by atoms with Crippen LogP contribution in [-0.2, 0) is 0 Å². The molecule has 0 saturated heterocycles. The van der Waals surface area contributed by atoms with Crippen molar-refractivity contribution in [2.45, 2.75) is 47.1 Å². The normalized spacial score (nSPS) is 11.9. The molecule has 1 aromatic heterocycles. The summed E-state index contributed by atoms with van der Waals surface area (Å²) < 4.78 is 14.5. The van der Waals surface area contributed by atoms with Crippen molar-refractivity contribution in [3.8, 4) is 28.4 Å². The smallest absolute Gasteiger partial charge is 0.120 e. The van der Waals surface area contributed by atoms with Gasteiger partial charge in [-0.05, 0) is 94.9 Å². The molecule has 184 valence electrons. The van der Waals surface area contributed by atoms with Crippen LogP contribution in [0.15, 0.2) is 72.8 Å². The van der Waals surface area contributed by atoms with Crippen LogP contribution >= 0.6 is 0 Å². The Bertz CT molecular complexity index is 1240. The molecule has 0 N–H and O–H groups in total. The third kappa shape index (κ3) is 6.07. The second-order valence-corrected chi connectivity index (χ2v) is 10.0. The quantitative estimate of drug-likeness (QED) is 0.253. The summed E-state index contributed by atoms with van der Waals surface area (Å²) in [6, 6.07) is 25.7. The van der Waals surface area contributed by atoms with Gasteiger partial charge >= 0.3 is 0 Å². The maximum absolute atomic E-state index is 6.14. The molecule has 0 unspecified atom stereocenters. The summed E-state index contributed by atoms with van der Waals surface area (Å²) in [6.45, 7) is 16.4. The van der Waals surface area contributed by atoms with Gasteiger partial charge in [-0.1, -0.05) is 43.7 Å². The first-order chi connectivity index (χ1) is 16.8. The summed E-state index contributed by atoms with van der Waals surface area (Å²) in [5.74, 6) is 1.78. The van der Waals surface area contributed by atoms with Gasteiger partial charge in [0, 0.05) is 17.6 Å². The Morgan fingerprint density at radius 3 is 2.09 bits per heavy atom. The zero-order chi connectivity index (χ0) is 25.0. The molecule has 4 rings (SSSR count). The highest BCUT2D eigenvalue weighted by atomic mass is 16.5. The zero-order valence-corrected chi connectivity index (χ0v) is 22.0. The van der Waals surface area contributed by atoms with Crippen molar-refractivity contribution in [3.05, 3.63) is 78.4 Å². The third-order valence-corrected chi connectivity index (χ3v) is 6.21. The Balaban J connectivity index is 1.69. The zero-order valence-electron chi connectivity index (χ0n) is 22.0. The summed E-state index contributed by atoms with van der Waals surface area (Å²) in [6.07, 6.45) is 0. The number of aryl methyl sites for hydroxylation is 1. The predicted molar refractivity (Wildman–Crippen MR) is 147 cm³/mol. The Labute approximate surface area is 210 Å². The average Bonchev–Trinajstić information content (AvgIpc) is 3.20. The molecule has 0 atom stereocenters. The molecule has 0 aliphatic carbocycles. The molecule has 0 aliphatic rings. The fraction of sp³-hybridized carbons (Fsp3) is 0.355. The Kier molecular flexibility index (Phi) is 7.51. The van der Waals surface area contributed by atoms with E-state index >= 15 is 0 Å². The maximum atomic E-state index is 6.14. The number of aromatic nitrogens is 1. The van der Waals surface area contributed by atoms with E-state index in [0.717, 1.165) is 53.4 Å². The van der Waals surface area contributed by atoms with Crippen molar-refractivity contribution in [1.29, 1.82) is 0 Å². The minimum Gasteiger partial charge on any atom is -0.492 e. The highest BCUT2D eigenvalue weighted by molar-refractivity contribution is 5.90. The van der Waals surface area contributed by atoms with Gasteiger partial charge in [0.05, 0.1) is 11.2 Å². The number of fused-ring (bicyclic) bond motifs is 1. The molecule has 0 bridgehead atoms. The molecule has 0 saturated carbocycles. The van der Waals surface area contributed by atoms with Gasteiger partial charge in [0.2, 0.25) is 0 Å². The number of hydrogen-bond acceptors (Lipinski definition) is 3. The van der Waals surface area contributed by atoms with Crippen LogP contribution in [0.4, 0.5) is 0 Å². The molecule has 0 amide bonds. The van der Waals surface area contributed by atoms with E-state index in [1.807, 2.05) is 0 Å². The summed E-state index contributed by atoms with van der Waals surface area (Å²) in [5, 5.41) is 1.15. The van der Waals surface area contributed by atoms with Crippen LogP contribution in [-0.4, -0.2) is 41.3 Å². The van der Waals surface area contributed by atoms with E-state index in [-0.39, 0.29) is 5.60 Å². The summed E-state index contributed by atoms with van der Waals surface area (Å²) >= 11 is 0. The lowest BCUT2D eigenvalue weighted by Crippen LogP contribution is -2.27. The Morgan fingerprint density at radius 2 is 1.46 bits per heavy atom. The maximum Gasteiger partial charge on any atom is 0.120 e. The van der Waals surface area contributed by atoms with E-state index in [9.17, 15) is 0 Å². The lowest BCUT2D eigenvalue weighted by atomic mass is 10.1. The van der Waals surface area contributed by atoms with Gasteiger partial charge in [0.1, 0.15) is 23.7 Å². The van der Waals surface area contributed by atoms with Gasteiger partial charge in [-0.3, -0.25) is 0 Å². The van der Waals surface area contributed by atoms with Crippen LogP contribution in [0, 0.1) is 6.92 Å². The van der Waals surface area contributed by atoms with Crippen molar-refractivity contribution < 1.29 is 9.47 Å². The number of ether oxygens (including phenoxy) is 2. The summed E-state index contributed by atoms with van der Waals surface area (Å²) in [5.41, 5.74) is 5.61. The molecule has 0 fully saturated rings. The lowest BCUT2D eigenvalue weighted by molar-refractivity contribution is 0.131. The van der Waals surface area contributed by atoms with Gasteiger partial charge < -0.3 is 18.9 Å². The van der Waals surface area contributed by atoms with Crippen molar-refractivity contribution in [3.63, 3.8) is 0 Å². The molecule has 0 aliphatic heterocycles. The molecule has 0 spiro atoms. The van der Waals surface area contributed by atoms with Gasteiger partial charge in [-0.25, -0.2) is 0 Å². The fourth-order valence-electron chi connectivity index (χ4n) is 4.35. The van der Waals surface area contributed by atoms with Crippen LogP contribution in [0.1, 0.15) is 40.2 Å². The van der Waals surface area contributed by atoms with Crippen molar-refractivity contribution in [2.75, 3.05) is 26.2 Å². The Morgan fingerprint density at radius 1 is 0.800 bits per heavy atom. The first-order valence-corrected chi connectivity index (χ1v) is 12.6. The van der Waals surface area contributed by atoms with E-state index in [2.05, 4.69) is 124 Å².